The average Bonchev–Trinajstić information content (AvgIpc) is 3.23. The van der Waals surface area contributed by atoms with E-state index in [2.05, 4.69) is 20.6 Å². The maximum absolute atomic E-state index is 12.8. The van der Waals surface area contributed by atoms with Crippen molar-refractivity contribution in [3.8, 4) is 5.82 Å². The molecule has 8 nitrogen and oxygen atoms in total. The van der Waals surface area contributed by atoms with Gasteiger partial charge in [-0.25, -0.2) is 14.8 Å². The topological polar surface area (TPSA) is 102 Å². The number of hydrogen-bond acceptors (Lipinski definition) is 6. The normalized spacial score (nSPS) is 15.6. The van der Waals surface area contributed by atoms with Crippen LogP contribution >= 0.6 is 24.8 Å². The van der Waals surface area contributed by atoms with E-state index in [9.17, 15) is 9.59 Å². The lowest BCUT2D eigenvalue weighted by Crippen LogP contribution is -2.30. The van der Waals surface area contributed by atoms with Gasteiger partial charge >= 0.3 is 5.63 Å². The number of piperidine rings is 1. The molecule has 1 aliphatic heterocycles. The molecule has 0 saturated carbocycles. The molecule has 0 spiro atoms. The predicted octanol–water partition coefficient (Wildman–Crippen LogP) is 3.09. The molecule has 1 saturated heterocycles. The third kappa shape index (κ3) is 4.89. The Bertz CT molecular complexity index is 1050. The molecular weight excluding hydrogens is 429 g/mol. The van der Waals surface area contributed by atoms with E-state index in [1.807, 2.05) is 0 Å². The van der Waals surface area contributed by atoms with Gasteiger partial charge in [0.2, 0.25) is 0 Å². The van der Waals surface area contributed by atoms with Gasteiger partial charge in [0.15, 0.2) is 5.82 Å². The van der Waals surface area contributed by atoms with E-state index in [-0.39, 0.29) is 36.3 Å². The fourth-order valence-electron chi connectivity index (χ4n) is 3.47. The third-order valence-electron chi connectivity index (χ3n) is 4.88. The number of anilines is 1. The molecule has 3 aromatic rings. The van der Waals surface area contributed by atoms with E-state index in [1.165, 1.54) is 0 Å². The van der Waals surface area contributed by atoms with E-state index in [1.54, 1.807) is 54.6 Å². The molecule has 1 atom stereocenters. The molecule has 2 N–H and O–H groups in total. The molecule has 1 amide bonds. The summed E-state index contributed by atoms with van der Waals surface area (Å²) >= 11 is 0. The maximum atomic E-state index is 12.8. The molecular formula is C20H23Cl2N5O3. The summed E-state index contributed by atoms with van der Waals surface area (Å²) in [7, 11) is 0. The molecule has 4 rings (SSSR count). The Labute approximate surface area is 185 Å². The molecule has 0 aliphatic carbocycles. The smallest absolute Gasteiger partial charge is 0.349 e. The summed E-state index contributed by atoms with van der Waals surface area (Å²) in [6, 6.07) is 5.23. The number of hydrogen-bond donors (Lipinski definition) is 2. The minimum absolute atomic E-state index is 0. The number of aryl methyl sites for hydroxylation is 1. The van der Waals surface area contributed by atoms with Crippen LogP contribution in [0.4, 0.5) is 5.69 Å². The average molecular weight is 452 g/mol. The number of carbonyl (C=O) groups is 1. The summed E-state index contributed by atoms with van der Waals surface area (Å²) in [5, 5.41) is 6.08. The van der Waals surface area contributed by atoms with Crippen LogP contribution < -0.4 is 16.3 Å². The van der Waals surface area contributed by atoms with Crippen molar-refractivity contribution < 1.29 is 9.21 Å². The third-order valence-corrected chi connectivity index (χ3v) is 4.88. The van der Waals surface area contributed by atoms with Gasteiger partial charge < -0.3 is 15.1 Å². The first kappa shape index (κ1) is 23.6. The zero-order chi connectivity index (χ0) is 19.5. The van der Waals surface area contributed by atoms with E-state index < -0.39 is 11.5 Å². The molecule has 1 fully saturated rings. The summed E-state index contributed by atoms with van der Waals surface area (Å²) in [5.74, 6) is 0.782. The van der Waals surface area contributed by atoms with Crippen molar-refractivity contribution in [2.45, 2.75) is 25.7 Å². The van der Waals surface area contributed by atoms with Crippen molar-refractivity contribution in [3.05, 3.63) is 70.4 Å². The Kier molecular flexibility index (Phi) is 8.16. The van der Waals surface area contributed by atoms with Crippen molar-refractivity contribution >= 4 is 36.4 Å². The van der Waals surface area contributed by atoms with E-state index in [0.717, 1.165) is 25.9 Å². The first-order chi connectivity index (χ1) is 13.6. The molecule has 10 heteroatoms. The lowest BCUT2D eigenvalue weighted by atomic mass is 9.95. The number of carbonyl (C=O) groups excluding carboxylic acids is 1. The second-order valence-electron chi connectivity index (χ2n) is 6.84. The van der Waals surface area contributed by atoms with Gasteiger partial charge in [-0.2, -0.15) is 0 Å². The van der Waals surface area contributed by atoms with E-state index >= 15 is 0 Å². The van der Waals surface area contributed by atoms with Crippen molar-refractivity contribution in [1.29, 1.82) is 0 Å². The molecule has 30 heavy (non-hydrogen) atoms. The zero-order valence-corrected chi connectivity index (χ0v) is 18.0. The standard InChI is InChI=1S/C20H21N5O3.2ClH/c1-13-10-16(14-4-2-6-21-11-14)28-20(27)17(13)19(26)24-15-5-3-7-23-18(15)25-9-8-22-12-25;;/h3,5,7-10,12,14,21H,2,4,6,11H2,1H3,(H,24,26);2*1H. The molecule has 0 aromatic carbocycles. The number of nitrogens with zero attached hydrogens (tertiary/aromatic N) is 3. The zero-order valence-electron chi connectivity index (χ0n) is 16.3. The minimum Gasteiger partial charge on any atom is -0.427 e. The van der Waals surface area contributed by atoms with Crippen LogP contribution in [0.2, 0.25) is 0 Å². The predicted molar refractivity (Wildman–Crippen MR) is 118 cm³/mol. The number of pyridine rings is 1. The highest BCUT2D eigenvalue weighted by Crippen LogP contribution is 2.24. The van der Waals surface area contributed by atoms with Gasteiger partial charge in [0.25, 0.3) is 5.91 Å². The summed E-state index contributed by atoms with van der Waals surface area (Å²) in [5.41, 5.74) is 0.464. The molecule has 0 bridgehead atoms. The van der Waals surface area contributed by atoms with Crippen LogP contribution in [0.5, 0.6) is 0 Å². The van der Waals surface area contributed by atoms with Gasteiger partial charge in [-0.3, -0.25) is 9.36 Å². The Hall–Kier alpha value is -2.68. The molecule has 1 unspecified atom stereocenters. The largest absolute Gasteiger partial charge is 0.427 e. The maximum Gasteiger partial charge on any atom is 0.349 e. The van der Waals surface area contributed by atoms with Crippen molar-refractivity contribution in [1.82, 2.24) is 19.9 Å². The number of amides is 1. The van der Waals surface area contributed by atoms with Crippen LogP contribution in [0.25, 0.3) is 5.82 Å². The number of halogens is 2. The Morgan fingerprint density at radius 1 is 1.33 bits per heavy atom. The quantitative estimate of drug-likeness (QED) is 0.631. The van der Waals surface area contributed by atoms with E-state index in [4.69, 9.17) is 4.42 Å². The Morgan fingerprint density at radius 3 is 2.83 bits per heavy atom. The highest BCUT2D eigenvalue weighted by atomic mass is 35.5. The van der Waals surface area contributed by atoms with Crippen molar-refractivity contribution in [2.75, 3.05) is 18.4 Å². The van der Waals surface area contributed by atoms with Crippen LogP contribution in [0.15, 0.2) is 52.3 Å². The summed E-state index contributed by atoms with van der Waals surface area (Å²) in [4.78, 5) is 33.7. The SMILES string of the molecule is Cc1cc(C2CCCNC2)oc(=O)c1C(=O)Nc1cccnc1-n1ccnc1.Cl.Cl. The first-order valence-electron chi connectivity index (χ1n) is 9.23. The van der Waals surface area contributed by atoms with Crippen LogP contribution in [0.3, 0.4) is 0 Å². The van der Waals surface area contributed by atoms with Crippen LogP contribution in [-0.2, 0) is 0 Å². The summed E-state index contributed by atoms with van der Waals surface area (Å²) < 4.78 is 7.19. The highest BCUT2D eigenvalue weighted by Gasteiger charge is 2.23. The van der Waals surface area contributed by atoms with Crippen LogP contribution in [0, 0.1) is 6.92 Å². The summed E-state index contributed by atoms with van der Waals surface area (Å²) in [6.07, 6.45) is 8.56. The highest BCUT2D eigenvalue weighted by molar-refractivity contribution is 6.05. The van der Waals surface area contributed by atoms with Gasteiger partial charge in [0.05, 0.1) is 5.69 Å². The van der Waals surface area contributed by atoms with E-state index in [0.29, 0.717) is 22.8 Å². The van der Waals surface area contributed by atoms with Gasteiger partial charge in [0.1, 0.15) is 17.7 Å². The van der Waals surface area contributed by atoms with Gasteiger partial charge in [-0.15, -0.1) is 24.8 Å². The van der Waals surface area contributed by atoms with Crippen molar-refractivity contribution in [3.63, 3.8) is 0 Å². The molecule has 3 aromatic heterocycles. The monoisotopic (exact) mass is 451 g/mol. The second kappa shape index (κ2) is 10.4. The Morgan fingerprint density at radius 2 is 2.17 bits per heavy atom. The van der Waals surface area contributed by atoms with Gasteiger partial charge in [-0.1, -0.05) is 0 Å². The van der Waals surface area contributed by atoms with Gasteiger partial charge in [-0.05, 0) is 50.1 Å². The number of nitrogens with one attached hydrogen (secondary N) is 2. The fraction of sp³-hybridized carbons (Fsp3) is 0.300. The Balaban J connectivity index is 0.00000160. The molecule has 1 aliphatic rings. The van der Waals surface area contributed by atoms with Crippen LogP contribution in [0.1, 0.15) is 40.4 Å². The number of imidazole rings is 1. The number of aromatic nitrogens is 3. The molecule has 0 radical (unpaired) electrons. The minimum atomic E-state index is -0.619. The fourth-order valence-corrected chi connectivity index (χ4v) is 3.47. The van der Waals surface area contributed by atoms with Crippen molar-refractivity contribution in [2.24, 2.45) is 0 Å². The number of rotatable bonds is 4. The molecule has 4 heterocycles. The van der Waals surface area contributed by atoms with Crippen LogP contribution in [-0.4, -0.2) is 33.5 Å². The lowest BCUT2D eigenvalue weighted by Gasteiger charge is -2.22. The molecule has 160 valence electrons. The second-order valence-corrected chi connectivity index (χ2v) is 6.84. The first-order valence-corrected chi connectivity index (χ1v) is 9.23. The lowest BCUT2D eigenvalue weighted by molar-refractivity contribution is 0.102. The van der Waals surface area contributed by atoms with Gasteiger partial charge in [0, 0.05) is 31.1 Å². The summed E-state index contributed by atoms with van der Waals surface area (Å²) in [6.45, 7) is 3.51.